The molecule has 0 aliphatic carbocycles. The van der Waals surface area contributed by atoms with Crippen LogP contribution in [0.1, 0.15) is 11.4 Å². The van der Waals surface area contributed by atoms with Crippen LogP contribution in [-0.4, -0.2) is 28.4 Å². The van der Waals surface area contributed by atoms with Gasteiger partial charge < -0.3 is 5.32 Å². The first-order valence-corrected chi connectivity index (χ1v) is 12.4. The zero-order chi connectivity index (χ0) is 24.4. The molecule has 0 amide bonds. The van der Waals surface area contributed by atoms with Crippen molar-refractivity contribution in [3.8, 4) is 11.4 Å². The quantitative estimate of drug-likeness (QED) is 0.340. The van der Waals surface area contributed by atoms with E-state index in [1.54, 1.807) is 32.0 Å². The number of rotatable bonds is 6. The normalized spacial score (nSPS) is 11.4. The van der Waals surface area contributed by atoms with Gasteiger partial charge in [-0.05, 0) is 56.3 Å². The molecule has 0 aliphatic rings. The van der Waals surface area contributed by atoms with Crippen molar-refractivity contribution in [2.24, 2.45) is 0 Å². The molecule has 0 saturated heterocycles. The summed E-state index contributed by atoms with van der Waals surface area (Å²) in [5.74, 6) is 1.28. The third kappa shape index (κ3) is 4.95. The van der Waals surface area contributed by atoms with Crippen LogP contribution < -0.4 is 10.0 Å². The maximum Gasteiger partial charge on any atom is 0.264 e. The number of benzene rings is 3. The molecule has 0 atom stereocenters. The van der Waals surface area contributed by atoms with E-state index in [0.29, 0.717) is 28.7 Å². The lowest BCUT2D eigenvalue weighted by Gasteiger charge is -2.12. The highest BCUT2D eigenvalue weighted by molar-refractivity contribution is 7.92. The second-order valence-electron chi connectivity index (χ2n) is 8.01. The predicted octanol–water partition coefficient (Wildman–Crippen LogP) is 5.25. The van der Waals surface area contributed by atoms with Gasteiger partial charge in [0.05, 0.1) is 10.4 Å². The van der Waals surface area contributed by atoms with E-state index in [2.05, 4.69) is 20.0 Å². The van der Waals surface area contributed by atoms with Gasteiger partial charge in [0.15, 0.2) is 5.82 Å². The molecular formula is C26H22N6O2S. The monoisotopic (exact) mass is 482 g/mol. The molecule has 5 aromatic rings. The van der Waals surface area contributed by atoms with Crippen molar-refractivity contribution in [1.82, 2.24) is 19.9 Å². The molecule has 8 nitrogen and oxygen atoms in total. The molecule has 35 heavy (non-hydrogen) atoms. The fourth-order valence-electron chi connectivity index (χ4n) is 3.69. The third-order valence-corrected chi connectivity index (χ3v) is 6.61. The van der Waals surface area contributed by atoms with E-state index in [1.807, 2.05) is 54.6 Å². The molecule has 0 fully saturated rings. The first kappa shape index (κ1) is 22.4. The van der Waals surface area contributed by atoms with Crippen LogP contribution >= 0.6 is 0 Å². The molecule has 0 aliphatic heterocycles. The largest absolute Gasteiger partial charge is 0.340 e. The van der Waals surface area contributed by atoms with E-state index in [9.17, 15) is 8.42 Å². The van der Waals surface area contributed by atoms with Crippen LogP contribution in [0.5, 0.6) is 0 Å². The van der Waals surface area contributed by atoms with Crippen LogP contribution in [0.4, 0.5) is 17.5 Å². The summed E-state index contributed by atoms with van der Waals surface area (Å²) in [6.45, 7) is 3.57. The summed E-state index contributed by atoms with van der Waals surface area (Å²) in [4.78, 5) is 17.8. The number of para-hydroxylation sites is 1. The van der Waals surface area contributed by atoms with Crippen molar-refractivity contribution >= 4 is 38.4 Å². The van der Waals surface area contributed by atoms with Gasteiger partial charge in [-0.25, -0.2) is 33.1 Å². The number of hydrogen-bond donors (Lipinski definition) is 2. The Labute approximate surface area is 203 Å². The molecule has 0 spiro atoms. The lowest BCUT2D eigenvalue weighted by molar-refractivity contribution is 0.601. The summed E-state index contributed by atoms with van der Waals surface area (Å²) in [7, 11) is -3.84. The summed E-state index contributed by atoms with van der Waals surface area (Å²) in [5.41, 5.74) is 3.76. The number of aryl methyl sites for hydroxylation is 2. The number of nitrogens with one attached hydrogen (secondary N) is 2. The zero-order valence-electron chi connectivity index (χ0n) is 19.1. The van der Waals surface area contributed by atoms with Crippen LogP contribution in [0.15, 0.2) is 89.8 Å². The minimum atomic E-state index is -3.84. The van der Waals surface area contributed by atoms with Crippen molar-refractivity contribution < 1.29 is 8.42 Å². The molecule has 0 radical (unpaired) electrons. The molecule has 2 aromatic heterocycles. The number of aromatic nitrogens is 4. The summed E-state index contributed by atoms with van der Waals surface area (Å²) < 4.78 is 28.1. The Morgan fingerprint density at radius 3 is 2.09 bits per heavy atom. The van der Waals surface area contributed by atoms with Crippen LogP contribution in [-0.2, 0) is 10.0 Å². The van der Waals surface area contributed by atoms with Gasteiger partial charge in [0.1, 0.15) is 5.82 Å². The van der Waals surface area contributed by atoms with E-state index in [4.69, 9.17) is 9.97 Å². The Morgan fingerprint density at radius 1 is 0.714 bits per heavy atom. The molecule has 2 N–H and O–H groups in total. The Hall–Kier alpha value is -4.37. The molecule has 0 bridgehead atoms. The fraction of sp³-hybridized carbons (Fsp3) is 0.0769. The third-order valence-electron chi connectivity index (χ3n) is 5.27. The van der Waals surface area contributed by atoms with Gasteiger partial charge in [0.25, 0.3) is 10.0 Å². The second kappa shape index (κ2) is 9.11. The lowest BCUT2D eigenvalue weighted by atomic mass is 10.2. The van der Waals surface area contributed by atoms with E-state index in [0.717, 1.165) is 16.5 Å². The summed E-state index contributed by atoms with van der Waals surface area (Å²) in [6.07, 6.45) is 0. The Morgan fingerprint density at radius 2 is 1.37 bits per heavy atom. The highest BCUT2D eigenvalue weighted by atomic mass is 32.2. The van der Waals surface area contributed by atoms with Gasteiger partial charge in [-0.1, -0.05) is 42.5 Å². The molecular weight excluding hydrogens is 460 g/mol. The molecule has 5 rings (SSSR count). The van der Waals surface area contributed by atoms with Gasteiger partial charge in [-0.2, -0.15) is 0 Å². The second-order valence-corrected chi connectivity index (χ2v) is 9.69. The van der Waals surface area contributed by atoms with E-state index in [1.165, 1.54) is 12.1 Å². The van der Waals surface area contributed by atoms with E-state index in [-0.39, 0.29) is 10.8 Å². The topological polar surface area (TPSA) is 110 Å². The first-order chi connectivity index (χ1) is 16.9. The predicted molar refractivity (Wildman–Crippen MR) is 137 cm³/mol. The highest BCUT2D eigenvalue weighted by Crippen LogP contribution is 2.28. The number of fused-ring (bicyclic) bond motifs is 1. The average Bonchev–Trinajstić information content (AvgIpc) is 2.84. The Bertz CT molecular complexity index is 1600. The van der Waals surface area contributed by atoms with Gasteiger partial charge in [0.2, 0.25) is 5.95 Å². The zero-order valence-corrected chi connectivity index (χ0v) is 19.9. The summed E-state index contributed by atoms with van der Waals surface area (Å²) in [5, 5.41) is 4.17. The average molecular weight is 483 g/mol. The lowest BCUT2D eigenvalue weighted by Crippen LogP contribution is -2.15. The smallest absolute Gasteiger partial charge is 0.264 e. The van der Waals surface area contributed by atoms with Gasteiger partial charge in [0, 0.05) is 28.0 Å². The minimum Gasteiger partial charge on any atom is -0.340 e. The number of sulfonamides is 1. The van der Waals surface area contributed by atoms with E-state index >= 15 is 0 Å². The maximum atomic E-state index is 12.8. The number of anilines is 3. The van der Waals surface area contributed by atoms with Gasteiger partial charge in [-0.3, -0.25) is 0 Å². The van der Waals surface area contributed by atoms with Gasteiger partial charge >= 0.3 is 0 Å². The molecule has 2 heterocycles. The van der Waals surface area contributed by atoms with Crippen LogP contribution in [0.3, 0.4) is 0 Å². The standard InChI is InChI=1S/C26H22N6O2S/c1-17-16-18(2)28-26(27-17)32-35(33,34)21-14-12-20(13-15-21)29-25-22-10-6-7-11-23(22)30-24(31-25)19-8-4-3-5-9-19/h3-16H,1-2H3,(H,27,28,32)(H,29,30,31). The SMILES string of the molecule is Cc1cc(C)nc(NS(=O)(=O)c2ccc(Nc3nc(-c4ccccc4)nc4ccccc34)cc2)n1. The Kier molecular flexibility index (Phi) is 5.84. The van der Waals surface area contributed by atoms with Crippen LogP contribution in [0.25, 0.3) is 22.3 Å². The maximum absolute atomic E-state index is 12.8. The fourth-order valence-corrected chi connectivity index (χ4v) is 4.64. The molecule has 174 valence electrons. The molecule has 0 unspecified atom stereocenters. The number of nitrogens with zero attached hydrogens (tertiary/aromatic N) is 4. The molecule has 0 saturated carbocycles. The van der Waals surface area contributed by atoms with Crippen LogP contribution in [0, 0.1) is 13.8 Å². The van der Waals surface area contributed by atoms with Crippen molar-refractivity contribution in [3.63, 3.8) is 0 Å². The minimum absolute atomic E-state index is 0.0469. The summed E-state index contributed by atoms with van der Waals surface area (Å²) >= 11 is 0. The van der Waals surface area contributed by atoms with Crippen molar-refractivity contribution in [2.75, 3.05) is 10.0 Å². The summed E-state index contributed by atoms with van der Waals surface area (Å²) in [6, 6.07) is 25.7. The Balaban J connectivity index is 1.44. The molecule has 3 aromatic carbocycles. The van der Waals surface area contributed by atoms with Gasteiger partial charge in [-0.15, -0.1) is 0 Å². The van der Waals surface area contributed by atoms with Crippen molar-refractivity contribution in [1.29, 1.82) is 0 Å². The first-order valence-electron chi connectivity index (χ1n) is 10.9. The highest BCUT2D eigenvalue weighted by Gasteiger charge is 2.17. The van der Waals surface area contributed by atoms with Crippen molar-refractivity contribution in [3.05, 3.63) is 96.3 Å². The van der Waals surface area contributed by atoms with E-state index < -0.39 is 10.0 Å². The molecule has 9 heteroatoms. The number of hydrogen-bond acceptors (Lipinski definition) is 7. The van der Waals surface area contributed by atoms with Crippen LogP contribution in [0.2, 0.25) is 0 Å². The van der Waals surface area contributed by atoms with Crippen molar-refractivity contribution in [2.45, 2.75) is 18.7 Å².